The van der Waals surface area contributed by atoms with Crippen LogP contribution >= 0.6 is 0 Å². The van der Waals surface area contributed by atoms with E-state index in [1.165, 1.54) is 0 Å². The molecule has 2 aromatic heterocycles. The Kier molecular flexibility index (Phi) is 4.21. The highest BCUT2D eigenvalue weighted by Gasteiger charge is 2.27. The highest BCUT2D eigenvalue weighted by Crippen LogP contribution is 2.21. The van der Waals surface area contributed by atoms with Gasteiger partial charge in [-0.1, -0.05) is 20.8 Å². The number of hydrogen-bond donors (Lipinski definition) is 1. The fraction of sp³-hybridized carbons (Fsp3) is 0.500. The molecule has 2 aromatic rings. The highest BCUT2D eigenvalue weighted by molar-refractivity contribution is 5.95. The van der Waals surface area contributed by atoms with Crippen LogP contribution in [0.2, 0.25) is 0 Å². The normalized spacial score (nSPS) is 13.2. The van der Waals surface area contributed by atoms with Gasteiger partial charge >= 0.3 is 0 Å². The predicted octanol–water partition coefficient (Wildman–Crippen LogP) is 2.37. The molecule has 1 N–H and O–H groups in total. The Bertz CT molecular complexity index is 605. The number of hydrogen-bond acceptors (Lipinski definition) is 2. The Morgan fingerprint density at radius 3 is 2.57 bits per heavy atom. The summed E-state index contributed by atoms with van der Waals surface area (Å²) in [6, 6.07) is 1.89. The van der Waals surface area contributed by atoms with Crippen LogP contribution in [0.25, 0.3) is 0 Å². The van der Waals surface area contributed by atoms with Crippen molar-refractivity contribution < 1.29 is 4.79 Å². The molecule has 0 aliphatic heterocycles. The maximum Gasteiger partial charge on any atom is 0.253 e. The molecule has 1 amide bonds. The van der Waals surface area contributed by atoms with Crippen molar-refractivity contribution in [3.63, 3.8) is 0 Å². The molecule has 0 spiro atoms. The van der Waals surface area contributed by atoms with Crippen LogP contribution in [0.5, 0.6) is 0 Å². The first-order valence-electron chi connectivity index (χ1n) is 7.17. The van der Waals surface area contributed by atoms with Crippen LogP contribution in [0, 0.1) is 12.3 Å². The summed E-state index contributed by atoms with van der Waals surface area (Å²) in [6.45, 7) is 9.06. The Morgan fingerprint density at radius 2 is 2.10 bits per heavy atom. The Balaban J connectivity index is 2.15. The minimum atomic E-state index is -0.0391. The van der Waals surface area contributed by atoms with Crippen molar-refractivity contribution in [1.82, 2.24) is 19.4 Å². The Hall–Kier alpha value is -2.04. The van der Waals surface area contributed by atoms with E-state index in [-0.39, 0.29) is 17.4 Å². The first-order valence-corrected chi connectivity index (χ1v) is 7.17. The number of rotatable bonds is 4. The second-order valence-electron chi connectivity index (χ2n) is 6.58. The van der Waals surface area contributed by atoms with Crippen LogP contribution in [0.4, 0.5) is 0 Å². The molecule has 2 rings (SSSR count). The van der Waals surface area contributed by atoms with Crippen LogP contribution in [0.3, 0.4) is 0 Å². The summed E-state index contributed by atoms with van der Waals surface area (Å²) in [4.78, 5) is 16.6. The maximum absolute atomic E-state index is 12.5. The van der Waals surface area contributed by atoms with Crippen LogP contribution in [0.1, 0.15) is 36.8 Å². The summed E-state index contributed by atoms with van der Waals surface area (Å²) in [6.07, 6.45) is 7.35. The fourth-order valence-corrected chi connectivity index (χ4v) is 2.23. The van der Waals surface area contributed by atoms with Crippen molar-refractivity contribution in [2.24, 2.45) is 12.5 Å². The van der Waals surface area contributed by atoms with Gasteiger partial charge in [-0.3, -0.25) is 4.79 Å². The zero-order valence-electron chi connectivity index (χ0n) is 13.4. The molecule has 2 heterocycles. The van der Waals surface area contributed by atoms with Crippen molar-refractivity contribution >= 4 is 5.91 Å². The molecule has 1 unspecified atom stereocenters. The van der Waals surface area contributed by atoms with Crippen LogP contribution < -0.4 is 5.32 Å². The van der Waals surface area contributed by atoms with Gasteiger partial charge < -0.3 is 14.5 Å². The summed E-state index contributed by atoms with van der Waals surface area (Å²) in [5, 5.41) is 3.16. The average molecular weight is 288 g/mol. The summed E-state index contributed by atoms with van der Waals surface area (Å²) in [7, 11) is 1.94. The van der Waals surface area contributed by atoms with Gasteiger partial charge in [-0.15, -0.1) is 0 Å². The largest absolute Gasteiger partial charge is 0.354 e. The summed E-state index contributed by atoms with van der Waals surface area (Å²) in [5.74, 6) is -0.0202. The average Bonchev–Trinajstić information content (AvgIpc) is 2.99. The second-order valence-corrected chi connectivity index (χ2v) is 6.58. The third-order valence-electron chi connectivity index (χ3n) is 3.93. The van der Waals surface area contributed by atoms with Crippen molar-refractivity contribution in [3.05, 3.63) is 42.2 Å². The molecular formula is C16H24N4O. The first-order chi connectivity index (χ1) is 9.79. The van der Waals surface area contributed by atoms with Gasteiger partial charge in [0.2, 0.25) is 0 Å². The second kappa shape index (κ2) is 5.76. The Morgan fingerprint density at radius 1 is 1.38 bits per heavy atom. The van der Waals surface area contributed by atoms with Crippen molar-refractivity contribution in [1.29, 1.82) is 0 Å². The van der Waals surface area contributed by atoms with Gasteiger partial charge in [-0.05, 0) is 18.4 Å². The van der Waals surface area contributed by atoms with Gasteiger partial charge in [0.1, 0.15) is 0 Å². The molecule has 114 valence electrons. The molecule has 21 heavy (non-hydrogen) atoms. The smallest absolute Gasteiger partial charge is 0.253 e. The van der Waals surface area contributed by atoms with Gasteiger partial charge in [0.25, 0.3) is 5.91 Å². The number of nitrogens with one attached hydrogen (secondary N) is 1. The van der Waals surface area contributed by atoms with Crippen LogP contribution in [0.15, 0.2) is 31.0 Å². The van der Waals surface area contributed by atoms with Crippen LogP contribution in [-0.4, -0.2) is 26.1 Å². The maximum atomic E-state index is 12.5. The standard InChI is InChI=1S/C16H24N4O/c1-12-13(6-8-19(12)5)15(21)18-14(16(2,3)4)10-20-9-7-17-11-20/h6-9,11,14H,10H2,1-5H3,(H,18,21). The van der Waals surface area contributed by atoms with Gasteiger partial charge in [0.15, 0.2) is 0 Å². The lowest BCUT2D eigenvalue weighted by atomic mass is 9.86. The molecule has 5 nitrogen and oxygen atoms in total. The SMILES string of the molecule is Cc1c(C(=O)NC(Cn2ccnc2)C(C)(C)C)ccn1C. The van der Waals surface area contributed by atoms with E-state index in [0.29, 0.717) is 6.54 Å². The number of amides is 1. The molecule has 1 atom stereocenters. The van der Waals surface area contributed by atoms with Gasteiger partial charge in [-0.25, -0.2) is 4.98 Å². The quantitative estimate of drug-likeness (QED) is 0.939. The Labute approximate surface area is 126 Å². The van der Waals surface area contributed by atoms with E-state index in [4.69, 9.17) is 0 Å². The molecule has 0 saturated heterocycles. The molecule has 0 radical (unpaired) electrons. The lowest BCUT2D eigenvalue weighted by Gasteiger charge is -2.31. The van der Waals surface area contributed by atoms with E-state index in [2.05, 4.69) is 31.1 Å². The third-order valence-corrected chi connectivity index (χ3v) is 3.93. The molecule has 0 fully saturated rings. The molecular weight excluding hydrogens is 264 g/mol. The van der Waals surface area contributed by atoms with E-state index in [9.17, 15) is 4.79 Å². The third kappa shape index (κ3) is 3.54. The summed E-state index contributed by atoms with van der Waals surface area (Å²) < 4.78 is 3.95. The van der Waals surface area contributed by atoms with Gasteiger partial charge in [-0.2, -0.15) is 0 Å². The zero-order chi connectivity index (χ0) is 15.6. The van der Waals surface area contributed by atoms with Gasteiger partial charge in [0.05, 0.1) is 17.9 Å². The van der Waals surface area contributed by atoms with Crippen molar-refractivity contribution in [2.45, 2.75) is 40.3 Å². The van der Waals surface area contributed by atoms with Gasteiger partial charge in [0, 0.05) is 37.9 Å². The molecule has 0 aromatic carbocycles. The molecule has 0 bridgehead atoms. The molecule has 0 aliphatic carbocycles. The molecule has 0 aliphatic rings. The van der Waals surface area contributed by atoms with E-state index < -0.39 is 0 Å². The topological polar surface area (TPSA) is 51.9 Å². The summed E-state index contributed by atoms with van der Waals surface area (Å²) in [5.41, 5.74) is 1.67. The van der Waals surface area contributed by atoms with Crippen LogP contribution in [-0.2, 0) is 13.6 Å². The fourth-order valence-electron chi connectivity index (χ4n) is 2.23. The molecule has 0 saturated carbocycles. The summed E-state index contributed by atoms with van der Waals surface area (Å²) >= 11 is 0. The number of nitrogens with zero attached hydrogens (tertiary/aromatic N) is 3. The number of aromatic nitrogens is 3. The number of imidazole rings is 1. The van der Waals surface area contributed by atoms with E-state index >= 15 is 0 Å². The van der Waals surface area contributed by atoms with E-state index in [1.807, 2.05) is 41.6 Å². The van der Waals surface area contributed by atoms with Crippen molar-refractivity contribution in [3.8, 4) is 0 Å². The lowest BCUT2D eigenvalue weighted by Crippen LogP contribution is -2.46. The molecule has 5 heteroatoms. The number of aryl methyl sites for hydroxylation is 1. The minimum Gasteiger partial charge on any atom is -0.354 e. The van der Waals surface area contributed by atoms with E-state index in [0.717, 1.165) is 11.3 Å². The minimum absolute atomic E-state index is 0.0202. The highest BCUT2D eigenvalue weighted by atomic mass is 16.1. The van der Waals surface area contributed by atoms with E-state index in [1.54, 1.807) is 12.5 Å². The van der Waals surface area contributed by atoms with Crippen molar-refractivity contribution in [2.75, 3.05) is 0 Å². The zero-order valence-corrected chi connectivity index (χ0v) is 13.4. The lowest BCUT2D eigenvalue weighted by molar-refractivity contribution is 0.0892. The first kappa shape index (κ1) is 15.4. The number of carbonyl (C=O) groups is 1. The number of carbonyl (C=O) groups excluding carboxylic acids is 1. The monoisotopic (exact) mass is 288 g/mol. The predicted molar refractivity (Wildman–Crippen MR) is 83.1 cm³/mol.